The van der Waals surface area contributed by atoms with Gasteiger partial charge in [0.25, 0.3) is 0 Å². The highest BCUT2D eigenvalue weighted by Gasteiger charge is 2.35. The Bertz CT molecular complexity index is 456. The van der Waals surface area contributed by atoms with Gasteiger partial charge in [-0.2, -0.15) is 0 Å². The predicted octanol–water partition coefficient (Wildman–Crippen LogP) is 1.91. The van der Waals surface area contributed by atoms with Gasteiger partial charge in [-0.1, -0.05) is 0 Å². The molecule has 1 fully saturated rings. The van der Waals surface area contributed by atoms with Crippen LogP contribution < -0.4 is 15.4 Å². The van der Waals surface area contributed by atoms with E-state index in [0.29, 0.717) is 5.69 Å². The summed E-state index contributed by atoms with van der Waals surface area (Å²) in [5.74, 6) is -0.424. The summed E-state index contributed by atoms with van der Waals surface area (Å²) >= 11 is 0. The summed E-state index contributed by atoms with van der Waals surface area (Å²) in [6.07, 6.45) is 1.79. The summed E-state index contributed by atoms with van der Waals surface area (Å²) in [6.45, 7) is 2.72. The molecule has 0 spiro atoms. The van der Waals surface area contributed by atoms with Crippen LogP contribution in [0.2, 0.25) is 0 Å². The highest BCUT2D eigenvalue weighted by molar-refractivity contribution is 5.98. The molecule has 0 radical (unpaired) electrons. The van der Waals surface area contributed by atoms with Gasteiger partial charge in [0.2, 0.25) is 5.91 Å². The number of ether oxygens (including phenoxy) is 1. The molecule has 2 N–H and O–H groups in total. The maximum atomic E-state index is 13.2. The minimum Gasteiger partial charge on any atom is -0.494 e. The van der Waals surface area contributed by atoms with Crippen LogP contribution in [-0.2, 0) is 4.79 Å². The summed E-state index contributed by atoms with van der Waals surface area (Å²) in [6, 6.07) is 4.28. The standard InChI is InChI=1S/C13H17FN2O2/c1-13(6-3-7-15-13)12(17)16-9-4-5-10(14)11(8-9)18-2/h4-5,8,15H,3,6-7H2,1-2H3,(H,16,17). The molecule has 1 atom stereocenters. The van der Waals surface area contributed by atoms with E-state index in [9.17, 15) is 9.18 Å². The molecule has 5 heteroatoms. The summed E-state index contributed by atoms with van der Waals surface area (Å²) in [5, 5.41) is 5.95. The lowest BCUT2D eigenvalue weighted by molar-refractivity contribution is -0.121. The van der Waals surface area contributed by atoms with E-state index >= 15 is 0 Å². The quantitative estimate of drug-likeness (QED) is 0.864. The second-order valence-electron chi connectivity index (χ2n) is 4.67. The van der Waals surface area contributed by atoms with Crippen LogP contribution in [0.25, 0.3) is 0 Å². The number of hydrogen-bond acceptors (Lipinski definition) is 3. The number of rotatable bonds is 3. The number of benzene rings is 1. The molecule has 1 aliphatic heterocycles. The molecule has 1 unspecified atom stereocenters. The van der Waals surface area contributed by atoms with E-state index in [1.54, 1.807) is 0 Å². The Morgan fingerprint density at radius 1 is 1.56 bits per heavy atom. The zero-order valence-corrected chi connectivity index (χ0v) is 10.5. The smallest absolute Gasteiger partial charge is 0.244 e. The number of halogens is 1. The van der Waals surface area contributed by atoms with E-state index in [1.807, 2.05) is 6.92 Å². The Labute approximate surface area is 106 Å². The summed E-state index contributed by atoms with van der Waals surface area (Å²) < 4.78 is 18.1. The summed E-state index contributed by atoms with van der Waals surface area (Å²) in [7, 11) is 1.39. The Morgan fingerprint density at radius 2 is 2.33 bits per heavy atom. The van der Waals surface area contributed by atoms with Crippen molar-refractivity contribution in [1.29, 1.82) is 0 Å². The summed E-state index contributed by atoms with van der Waals surface area (Å²) in [5.41, 5.74) is -0.00471. The van der Waals surface area contributed by atoms with E-state index in [1.165, 1.54) is 25.3 Å². The van der Waals surface area contributed by atoms with Crippen molar-refractivity contribution in [2.24, 2.45) is 0 Å². The van der Waals surface area contributed by atoms with Gasteiger partial charge >= 0.3 is 0 Å². The number of hydrogen-bond donors (Lipinski definition) is 2. The summed E-state index contributed by atoms with van der Waals surface area (Å²) in [4.78, 5) is 12.1. The fourth-order valence-electron chi connectivity index (χ4n) is 2.09. The van der Waals surface area contributed by atoms with E-state index in [0.717, 1.165) is 19.4 Å². The first-order valence-corrected chi connectivity index (χ1v) is 5.95. The SMILES string of the molecule is COc1cc(NC(=O)C2(C)CCCN2)ccc1F. The van der Waals surface area contributed by atoms with Crippen LogP contribution in [-0.4, -0.2) is 25.1 Å². The van der Waals surface area contributed by atoms with E-state index in [4.69, 9.17) is 4.74 Å². The maximum absolute atomic E-state index is 13.2. The number of methoxy groups -OCH3 is 1. The first-order chi connectivity index (χ1) is 8.55. The zero-order chi connectivity index (χ0) is 13.2. The molecular formula is C13H17FN2O2. The monoisotopic (exact) mass is 252 g/mol. The van der Waals surface area contributed by atoms with Crippen molar-refractivity contribution in [3.63, 3.8) is 0 Å². The van der Waals surface area contributed by atoms with Crippen LogP contribution in [0.15, 0.2) is 18.2 Å². The van der Waals surface area contributed by atoms with Gasteiger partial charge in [0.05, 0.1) is 12.6 Å². The fourth-order valence-corrected chi connectivity index (χ4v) is 2.09. The number of carbonyl (C=O) groups excluding carboxylic acids is 1. The third kappa shape index (κ3) is 2.46. The highest BCUT2D eigenvalue weighted by Crippen LogP contribution is 2.24. The molecule has 2 rings (SSSR count). The first-order valence-electron chi connectivity index (χ1n) is 5.95. The van der Waals surface area contributed by atoms with Gasteiger partial charge in [0.1, 0.15) is 0 Å². The molecule has 1 heterocycles. The molecule has 1 aliphatic rings. The fraction of sp³-hybridized carbons (Fsp3) is 0.462. The molecule has 18 heavy (non-hydrogen) atoms. The normalized spacial score (nSPS) is 22.8. The van der Waals surface area contributed by atoms with Gasteiger partial charge in [-0.25, -0.2) is 4.39 Å². The Balaban J connectivity index is 2.11. The maximum Gasteiger partial charge on any atom is 0.244 e. The Hall–Kier alpha value is -1.62. The largest absolute Gasteiger partial charge is 0.494 e. The number of carbonyl (C=O) groups is 1. The molecule has 1 amide bonds. The van der Waals surface area contributed by atoms with E-state index in [-0.39, 0.29) is 11.7 Å². The molecule has 0 aromatic heterocycles. The highest BCUT2D eigenvalue weighted by atomic mass is 19.1. The molecule has 1 aromatic rings. The average molecular weight is 252 g/mol. The van der Waals surface area contributed by atoms with Crippen molar-refractivity contribution in [2.45, 2.75) is 25.3 Å². The third-order valence-corrected chi connectivity index (χ3v) is 3.28. The van der Waals surface area contributed by atoms with Crippen molar-refractivity contribution in [3.05, 3.63) is 24.0 Å². The van der Waals surface area contributed by atoms with Gasteiger partial charge < -0.3 is 15.4 Å². The second kappa shape index (κ2) is 4.94. The van der Waals surface area contributed by atoms with E-state index < -0.39 is 11.4 Å². The minimum absolute atomic E-state index is 0.103. The van der Waals surface area contributed by atoms with Crippen molar-refractivity contribution >= 4 is 11.6 Å². The Kier molecular flexibility index (Phi) is 3.52. The van der Waals surface area contributed by atoms with Gasteiger partial charge in [0.15, 0.2) is 11.6 Å². The third-order valence-electron chi connectivity index (χ3n) is 3.28. The lowest BCUT2D eigenvalue weighted by Gasteiger charge is -2.23. The van der Waals surface area contributed by atoms with Crippen LogP contribution in [0.4, 0.5) is 10.1 Å². The van der Waals surface area contributed by atoms with Gasteiger partial charge in [0, 0.05) is 11.8 Å². The molecular weight excluding hydrogens is 235 g/mol. The van der Waals surface area contributed by atoms with Crippen LogP contribution in [0, 0.1) is 5.82 Å². The lowest BCUT2D eigenvalue weighted by Crippen LogP contribution is -2.47. The van der Waals surface area contributed by atoms with Crippen molar-refractivity contribution in [2.75, 3.05) is 19.0 Å². The zero-order valence-electron chi connectivity index (χ0n) is 10.5. The van der Waals surface area contributed by atoms with E-state index in [2.05, 4.69) is 10.6 Å². The molecule has 0 saturated carbocycles. The number of nitrogens with one attached hydrogen (secondary N) is 2. The van der Waals surface area contributed by atoms with Gasteiger partial charge in [-0.05, 0) is 38.4 Å². The Morgan fingerprint density at radius 3 is 2.94 bits per heavy atom. The first kappa shape index (κ1) is 12.8. The topological polar surface area (TPSA) is 50.4 Å². The van der Waals surface area contributed by atoms with Crippen LogP contribution in [0.3, 0.4) is 0 Å². The van der Waals surface area contributed by atoms with Gasteiger partial charge in [-0.15, -0.1) is 0 Å². The predicted molar refractivity (Wildman–Crippen MR) is 67.2 cm³/mol. The molecule has 0 bridgehead atoms. The lowest BCUT2D eigenvalue weighted by atomic mass is 9.99. The molecule has 98 valence electrons. The van der Waals surface area contributed by atoms with Crippen molar-refractivity contribution in [3.8, 4) is 5.75 Å². The number of anilines is 1. The molecule has 0 aliphatic carbocycles. The average Bonchev–Trinajstić information content (AvgIpc) is 2.80. The van der Waals surface area contributed by atoms with Crippen LogP contribution in [0.5, 0.6) is 5.75 Å². The molecule has 1 saturated heterocycles. The number of amides is 1. The van der Waals surface area contributed by atoms with Crippen molar-refractivity contribution in [1.82, 2.24) is 5.32 Å². The molecule has 4 nitrogen and oxygen atoms in total. The second-order valence-corrected chi connectivity index (χ2v) is 4.67. The van der Waals surface area contributed by atoms with Crippen LogP contribution in [0.1, 0.15) is 19.8 Å². The van der Waals surface area contributed by atoms with Crippen LogP contribution >= 0.6 is 0 Å². The minimum atomic E-state index is -0.540. The van der Waals surface area contributed by atoms with Gasteiger partial charge in [-0.3, -0.25) is 4.79 Å². The molecule has 1 aromatic carbocycles. The van der Waals surface area contributed by atoms with Crippen molar-refractivity contribution < 1.29 is 13.9 Å².